The van der Waals surface area contributed by atoms with Crippen LogP contribution >= 0.6 is 11.6 Å². The minimum absolute atomic E-state index is 0.0574. The highest BCUT2D eigenvalue weighted by Gasteiger charge is 2.13. The first kappa shape index (κ1) is 14.6. The summed E-state index contributed by atoms with van der Waals surface area (Å²) in [6.07, 6.45) is 2.12. The van der Waals surface area contributed by atoms with Crippen LogP contribution in [0.2, 0.25) is 5.28 Å². The Labute approximate surface area is 130 Å². The summed E-state index contributed by atoms with van der Waals surface area (Å²) >= 11 is 5.91. The highest BCUT2D eigenvalue weighted by atomic mass is 35.5. The molecule has 0 aromatic carbocycles. The SMILES string of the molecule is OCCCOc1nc2nc(Cl)nc(NCc3ccco3)c2[nH]1. The molecule has 0 bridgehead atoms. The van der Waals surface area contributed by atoms with Crippen molar-refractivity contribution in [1.29, 1.82) is 0 Å². The quantitative estimate of drug-likeness (QED) is 0.450. The lowest BCUT2D eigenvalue weighted by Crippen LogP contribution is -2.02. The zero-order valence-electron chi connectivity index (χ0n) is 11.5. The standard InChI is InChI=1S/C13H14ClN5O3/c14-12-17-10(15-7-8-3-1-5-21-8)9-11(18-12)19-13(16-9)22-6-2-4-20/h1,3,5,20H,2,4,6-7H2,(H2,15,16,17,18,19). The van der Waals surface area contributed by atoms with Crippen LogP contribution in [0.3, 0.4) is 0 Å². The highest BCUT2D eigenvalue weighted by molar-refractivity contribution is 6.28. The second kappa shape index (κ2) is 6.63. The lowest BCUT2D eigenvalue weighted by Gasteiger charge is -2.04. The van der Waals surface area contributed by atoms with Crippen molar-refractivity contribution in [3.8, 4) is 6.01 Å². The summed E-state index contributed by atoms with van der Waals surface area (Å²) in [6.45, 7) is 0.865. The van der Waals surface area contributed by atoms with Crippen LogP contribution in [-0.2, 0) is 6.54 Å². The van der Waals surface area contributed by atoms with E-state index < -0.39 is 0 Å². The molecule has 0 saturated carbocycles. The maximum absolute atomic E-state index is 8.76. The van der Waals surface area contributed by atoms with Gasteiger partial charge in [-0.25, -0.2) is 0 Å². The fraction of sp³-hybridized carbons (Fsp3) is 0.308. The first-order chi connectivity index (χ1) is 10.8. The fourth-order valence-corrected chi connectivity index (χ4v) is 2.03. The van der Waals surface area contributed by atoms with E-state index in [0.29, 0.717) is 42.6 Å². The van der Waals surface area contributed by atoms with Crippen molar-refractivity contribution in [3.05, 3.63) is 29.4 Å². The summed E-state index contributed by atoms with van der Waals surface area (Å²) in [4.78, 5) is 15.4. The molecule has 0 fully saturated rings. The summed E-state index contributed by atoms with van der Waals surface area (Å²) < 4.78 is 10.6. The molecule has 0 spiro atoms. The predicted molar refractivity (Wildman–Crippen MR) is 79.9 cm³/mol. The minimum atomic E-state index is 0.0574. The van der Waals surface area contributed by atoms with Crippen molar-refractivity contribution in [3.63, 3.8) is 0 Å². The van der Waals surface area contributed by atoms with E-state index >= 15 is 0 Å². The molecule has 8 nitrogen and oxygen atoms in total. The number of hydrogen-bond donors (Lipinski definition) is 3. The van der Waals surface area contributed by atoms with Gasteiger partial charge in [0.2, 0.25) is 5.28 Å². The Morgan fingerprint density at radius 3 is 3.05 bits per heavy atom. The number of hydrogen-bond acceptors (Lipinski definition) is 7. The van der Waals surface area contributed by atoms with E-state index in [1.165, 1.54) is 0 Å². The Kier molecular flexibility index (Phi) is 4.40. The largest absolute Gasteiger partial charge is 0.467 e. The second-order valence-electron chi connectivity index (χ2n) is 4.44. The van der Waals surface area contributed by atoms with E-state index in [9.17, 15) is 0 Å². The van der Waals surface area contributed by atoms with Gasteiger partial charge in [-0.2, -0.15) is 15.0 Å². The first-order valence-electron chi connectivity index (χ1n) is 6.69. The molecule has 9 heteroatoms. The Morgan fingerprint density at radius 2 is 2.27 bits per heavy atom. The van der Waals surface area contributed by atoms with Gasteiger partial charge < -0.3 is 24.6 Å². The maximum atomic E-state index is 8.76. The lowest BCUT2D eigenvalue weighted by molar-refractivity contribution is 0.225. The van der Waals surface area contributed by atoms with E-state index in [0.717, 1.165) is 5.76 Å². The fourth-order valence-electron chi connectivity index (χ4n) is 1.86. The Balaban J connectivity index is 1.81. The third kappa shape index (κ3) is 3.29. The molecule has 0 aliphatic rings. The van der Waals surface area contributed by atoms with Gasteiger partial charge in [-0.3, -0.25) is 0 Å². The number of aliphatic hydroxyl groups is 1. The smallest absolute Gasteiger partial charge is 0.296 e. The number of aromatic amines is 1. The number of halogens is 1. The van der Waals surface area contributed by atoms with Gasteiger partial charge in [-0.15, -0.1) is 0 Å². The van der Waals surface area contributed by atoms with Crippen molar-refractivity contribution in [1.82, 2.24) is 19.9 Å². The van der Waals surface area contributed by atoms with E-state index in [2.05, 4.69) is 25.3 Å². The molecule has 0 amide bonds. The molecule has 0 saturated heterocycles. The molecular weight excluding hydrogens is 310 g/mol. The van der Waals surface area contributed by atoms with Crippen molar-refractivity contribution in [2.45, 2.75) is 13.0 Å². The summed E-state index contributed by atoms with van der Waals surface area (Å²) in [5.74, 6) is 1.28. The highest BCUT2D eigenvalue weighted by Crippen LogP contribution is 2.23. The normalized spacial score (nSPS) is 11.0. The molecule has 3 rings (SSSR count). The van der Waals surface area contributed by atoms with Gasteiger partial charge in [0.05, 0.1) is 19.4 Å². The molecule has 3 heterocycles. The number of furan rings is 1. The van der Waals surface area contributed by atoms with Gasteiger partial charge in [0, 0.05) is 13.0 Å². The van der Waals surface area contributed by atoms with Crippen LogP contribution < -0.4 is 10.1 Å². The Bertz CT molecular complexity index is 744. The molecule has 0 aliphatic carbocycles. The topological polar surface area (TPSA) is 109 Å². The number of imidazole rings is 1. The number of H-pyrrole nitrogens is 1. The molecular formula is C13H14ClN5O3. The lowest BCUT2D eigenvalue weighted by atomic mass is 10.4. The third-order valence-electron chi connectivity index (χ3n) is 2.85. The number of anilines is 1. The van der Waals surface area contributed by atoms with Crippen LogP contribution in [0.5, 0.6) is 6.01 Å². The van der Waals surface area contributed by atoms with Gasteiger partial charge in [0.25, 0.3) is 6.01 Å². The number of fused-ring (bicyclic) bond motifs is 1. The minimum Gasteiger partial charge on any atom is -0.467 e. The summed E-state index contributed by atoms with van der Waals surface area (Å²) in [5.41, 5.74) is 0.996. The van der Waals surface area contributed by atoms with Gasteiger partial charge in [0.1, 0.15) is 11.3 Å². The molecule has 3 aromatic rings. The van der Waals surface area contributed by atoms with E-state index in [1.807, 2.05) is 12.1 Å². The van der Waals surface area contributed by atoms with Crippen LogP contribution in [0.1, 0.15) is 12.2 Å². The summed E-state index contributed by atoms with van der Waals surface area (Å²) in [5, 5.41) is 12.0. The van der Waals surface area contributed by atoms with Crippen LogP contribution in [-0.4, -0.2) is 38.3 Å². The number of aromatic nitrogens is 4. The van der Waals surface area contributed by atoms with Crippen molar-refractivity contribution < 1.29 is 14.3 Å². The van der Waals surface area contributed by atoms with Gasteiger partial charge in [-0.1, -0.05) is 0 Å². The van der Waals surface area contributed by atoms with Crippen molar-refractivity contribution in [2.24, 2.45) is 0 Å². The van der Waals surface area contributed by atoms with E-state index in [4.69, 9.17) is 25.9 Å². The average Bonchev–Trinajstić information content (AvgIpc) is 3.14. The van der Waals surface area contributed by atoms with Crippen LogP contribution in [0.25, 0.3) is 11.2 Å². The molecule has 3 aromatic heterocycles. The van der Waals surface area contributed by atoms with Crippen LogP contribution in [0, 0.1) is 0 Å². The first-order valence-corrected chi connectivity index (χ1v) is 7.07. The Hall–Kier alpha value is -2.32. The van der Waals surface area contributed by atoms with E-state index in [-0.39, 0.29) is 11.9 Å². The molecule has 0 radical (unpaired) electrons. The number of nitrogens with one attached hydrogen (secondary N) is 2. The molecule has 0 unspecified atom stereocenters. The molecule has 116 valence electrons. The average molecular weight is 324 g/mol. The Morgan fingerprint density at radius 1 is 1.36 bits per heavy atom. The van der Waals surface area contributed by atoms with Crippen molar-refractivity contribution in [2.75, 3.05) is 18.5 Å². The van der Waals surface area contributed by atoms with Gasteiger partial charge in [0.15, 0.2) is 11.5 Å². The third-order valence-corrected chi connectivity index (χ3v) is 3.02. The van der Waals surface area contributed by atoms with Gasteiger partial charge in [-0.05, 0) is 23.7 Å². The molecule has 3 N–H and O–H groups in total. The predicted octanol–water partition coefficient (Wildman–Crippen LogP) is 1.97. The van der Waals surface area contributed by atoms with E-state index in [1.54, 1.807) is 6.26 Å². The van der Waals surface area contributed by atoms with Crippen LogP contribution in [0.4, 0.5) is 5.82 Å². The number of ether oxygens (including phenoxy) is 1. The van der Waals surface area contributed by atoms with Crippen LogP contribution in [0.15, 0.2) is 22.8 Å². The number of aliphatic hydroxyl groups excluding tert-OH is 1. The second-order valence-corrected chi connectivity index (χ2v) is 4.78. The zero-order valence-corrected chi connectivity index (χ0v) is 12.3. The molecule has 22 heavy (non-hydrogen) atoms. The monoisotopic (exact) mass is 323 g/mol. The molecule has 0 aliphatic heterocycles. The number of nitrogens with zero attached hydrogens (tertiary/aromatic N) is 3. The number of rotatable bonds is 7. The summed E-state index contributed by atoms with van der Waals surface area (Å²) in [7, 11) is 0. The van der Waals surface area contributed by atoms with Crippen molar-refractivity contribution >= 4 is 28.6 Å². The summed E-state index contributed by atoms with van der Waals surface area (Å²) in [6, 6.07) is 3.97. The maximum Gasteiger partial charge on any atom is 0.296 e. The molecule has 0 atom stereocenters. The van der Waals surface area contributed by atoms with Gasteiger partial charge >= 0.3 is 0 Å². The zero-order chi connectivity index (χ0) is 15.4.